The van der Waals surface area contributed by atoms with Crippen molar-refractivity contribution in [2.45, 2.75) is 39.0 Å². The zero-order chi connectivity index (χ0) is 26.5. The lowest BCUT2D eigenvalue weighted by Gasteiger charge is -2.36. The van der Waals surface area contributed by atoms with Gasteiger partial charge in [-0.2, -0.15) is 13.2 Å². The molecule has 2 amide bonds. The first-order valence-corrected chi connectivity index (χ1v) is 12.1. The standard InChI is InChI=1S/C28H27F3N4O2/c1-15-11-20(27(37)35-13-16(2)32-17(3)14-35)24(33-15)12-21-25-19(8-6-10-23(25)34-26(21)36)18-7-4-5-9-22(18)28(29,30)31/h4-12,16-17,32-33H,13-14H2,1-3H3,(H,34,36)/b21-12-/t16-,17-/m0/s1. The van der Waals surface area contributed by atoms with Crippen LogP contribution in [0.4, 0.5) is 18.9 Å². The van der Waals surface area contributed by atoms with Gasteiger partial charge in [0.2, 0.25) is 0 Å². The molecule has 1 saturated heterocycles. The van der Waals surface area contributed by atoms with E-state index < -0.39 is 17.6 Å². The molecule has 0 aliphatic carbocycles. The number of fused-ring (bicyclic) bond motifs is 1. The number of amides is 2. The second-order valence-corrected chi connectivity index (χ2v) is 9.74. The monoisotopic (exact) mass is 508 g/mol. The highest BCUT2D eigenvalue weighted by molar-refractivity contribution is 6.36. The third-order valence-corrected chi connectivity index (χ3v) is 6.70. The molecule has 0 saturated carbocycles. The lowest BCUT2D eigenvalue weighted by atomic mass is 9.91. The quantitative estimate of drug-likeness (QED) is 0.419. The summed E-state index contributed by atoms with van der Waals surface area (Å²) in [6.45, 7) is 6.94. The number of hydrogen-bond acceptors (Lipinski definition) is 3. The second-order valence-electron chi connectivity index (χ2n) is 9.74. The molecule has 1 aromatic heterocycles. The number of nitrogens with zero attached hydrogens (tertiary/aromatic N) is 1. The number of aromatic nitrogens is 1. The van der Waals surface area contributed by atoms with Gasteiger partial charge in [-0.05, 0) is 56.2 Å². The van der Waals surface area contributed by atoms with Crippen LogP contribution in [0, 0.1) is 6.92 Å². The molecule has 3 aromatic rings. The molecule has 2 aromatic carbocycles. The summed E-state index contributed by atoms with van der Waals surface area (Å²) in [5.74, 6) is -0.604. The third-order valence-electron chi connectivity index (χ3n) is 6.70. The van der Waals surface area contributed by atoms with Crippen molar-refractivity contribution in [1.82, 2.24) is 15.2 Å². The van der Waals surface area contributed by atoms with Crippen LogP contribution in [0.15, 0.2) is 48.5 Å². The van der Waals surface area contributed by atoms with Gasteiger partial charge in [-0.15, -0.1) is 0 Å². The molecule has 2 aliphatic heterocycles. The average molecular weight is 509 g/mol. The first kappa shape index (κ1) is 24.8. The maximum atomic E-state index is 13.8. The van der Waals surface area contributed by atoms with Crippen molar-refractivity contribution in [1.29, 1.82) is 0 Å². The van der Waals surface area contributed by atoms with Crippen molar-refractivity contribution in [2.75, 3.05) is 18.4 Å². The van der Waals surface area contributed by atoms with Crippen LogP contribution in [0.5, 0.6) is 0 Å². The molecule has 192 valence electrons. The number of piperazine rings is 1. The number of halogens is 3. The first-order chi connectivity index (χ1) is 17.5. The minimum atomic E-state index is -4.56. The van der Waals surface area contributed by atoms with Gasteiger partial charge in [-0.1, -0.05) is 30.3 Å². The van der Waals surface area contributed by atoms with Crippen LogP contribution in [0.25, 0.3) is 22.8 Å². The van der Waals surface area contributed by atoms with Gasteiger partial charge in [-0.25, -0.2) is 0 Å². The minimum absolute atomic E-state index is 0.0167. The van der Waals surface area contributed by atoms with Crippen LogP contribution >= 0.6 is 0 Å². The minimum Gasteiger partial charge on any atom is -0.358 e. The SMILES string of the molecule is Cc1cc(C(=O)N2C[C@H](C)N[C@@H](C)C2)c(/C=C2\C(=O)Nc3cccc(-c4ccccc4C(F)(F)F)c32)[nH]1. The van der Waals surface area contributed by atoms with Gasteiger partial charge >= 0.3 is 6.18 Å². The summed E-state index contributed by atoms with van der Waals surface area (Å²) in [5, 5.41) is 6.16. The fourth-order valence-electron chi connectivity index (χ4n) is 5.29. The number of benzene rings is 2. The van der Waals surface area contributed by atoms with E-state index in [4.69, 9.17) is 0 Å². The Bertz CT molecular complexity index is 1410. The molecule has 0 bridgehead atoms. The molecule has 0 spiro atoms. The number of nitrogens with one attached hydrogen (secondary N) is 3. The Morgan fingerprint density at radius 3 is 2.41 bits per heavy atom. The predicted octanol–water partition coefficient (Wildman–Crippen LogP) is 5.32. The van der Waals surface area contributed by atoms with Gasteiger partial charge in [0, 0.05) is 42.1 Å². The van der Waals surface area contributed by atoms with E-state index in [2.05, 4.69) is 15.6 Å². The Kier molecular flexibility index (Phi) is 6.19. The van der Waals surface area contributed by atoms with Gasteiger partial charge in [0.15, 0.2) is 0 Å². The maximum absolute atomic E-state index is 13.8. The van der Waals surface area contributed by atoms with Crippen LogP contribution < -0.4 is 10.6 Å². The lowest BCUT2D eigenvalue weighted by molar-refractivity contribution is -0.137. The molecule has 0 radical (unpaired) electrons. The zero-order valence-corrected chi connectivity index (χ0v) is 20.7. The number of anilines is 1. The summed E-state index contributed by atoms with van der Waals surface area (Å²) in [6.07, 6.45) is -3.00. The Balaban J connectivity index is 1.61. The third kappa shape index (κ3) is 4.67. The number of alkyl halides is 3. The molecular weight excluding hydrogens is 481 g/mol. The predicted molar refractivity (Wildman–Crippen MR) is 137 cm³/mol. The number of carbonyl (C=O) groups is 2. The van der Waals surface area contributed by atoms with Gasteiger partial charge in [0.1, 0.15) is 0 Å². The van der Waals surface area contributed by atoms with Crippen molar-refractivity contribution in [3.05, 3.63) is 76.6 Å². The van der Waals surface area contributed by atoms with E-state index in [0.29, 0.717) is 35.6 Å². The number of carbonyl (C=O) groups excluding carboxylic acids is 2. The molecule has 5 rings (SSSR count). The zero-order valence-electron chi connectivity index (χ0n) is 20.7. The molecule has 0 unspecified atom stereocenters. The smallest absolute Gasteiger partial charge is 0.358 e. The summed E-state index contributed by atoms with van der Waals surface area (Å²) in [4.78, 5) is 31.5. The van der Waals surface area contributed by atoms with Crippen molar-refractivity contribution < 1.29 is 22.8 Å². The van der Waals surface area contributed by atoms with Crippen LogP contribution in [-0.2, 0) is 11.0 Å². The van der Waals surface area contributed by atoms with E-state index in [1.54, 1.807) is 35.2 Å². The van der Waals surface area contributed by atoms with E-state index in [9.17, 15) is 22.8 Å². The second kappa shape index (κ2) is 9.23. The average Bonchev–Trinajstić information content (AvgIpc) is 3.36. The highest BCUT2D eigenvalue weighted by Gasteiger charge is 2.36. The molecule has 3 N–H and O–H groups in total. The van der Waals surface area contributed by atoms with E-state index in [-0.39, 0.29) is 34.7 Å². The number of aromatic amines is 1. The fraction of sp³-hybridized carbons (Fsp3) is 0.286. The topological polar surface area (TPSA) is 77.2 Å². The van der Waals surface area contributed by atoms with Crippen LogP contribution in [-0.4, -0.2) is 46.9 Å². The molecule has 2 aliphatic rings. The molecule has 37 heavy (non-hydrogen) atoms. The number of hydrogen-bond donors (Lipinski definition) is 3. The van der Waals surface area contributed by atoms with Crippen LogP contribution in [0.1, 0.15) is 46.7 Å². The van der Waals surface area contributed by atoms with Crippen LogP contribution in [0.2, 0.25) is 0 Å². The van der Waals surface area contributed by atoms with E-state index in [1.807, 2.05) is 20.8 Å². The maximum Gasteiger partial charge on any atom is 0.417 e. The lowest BCUT2D eigenvalue weighted by Crippen LogP contribution is -2.55. The Morgan fingerprint density at radius 2 is 1.70 bits per heavy atom. The summed E-state index contributed by atoms with van der Waals surface area (Å²) in [6, 6.07) is 12.2. The molecule has 6 nitrogen and oxygen atoms in total. The molecular formula is C28H27F3N4O2. The first-order valence-electron chi connectivity index (χ1n) is 12.1. The van der Waals surface area contributed by atoms with Gasteiger partial charge < -0.3 is 20.5 Å². The summed E-state index contributed by atoms with van der Waals surface area (Å²) in [5.41, 5.74) is 2.08. The van der Waals surface area contributed by atoms with Crippen molar-refractivity contribution in [3.63, 3.8) is 0 Å². The molecule has 1 fully saturated rings. The summed E-state index contributed by atoms with van der Waals surface area (Å²) < 4.78 is 41.5. The van der Waals surface area contributed by atoms with Crippen molar-refractivity contribution in [2.24, 2.45) is 0 Å². The van der Waals surface area contributed by atoms with Gasteiger partial charge in [-0.3, -0.25) is 9.59 Å². The van der Waals surface area contributed by atoms with Crippen molar-refractivity contribution >= 4 is 29.2 Å². The summed E-state index contributed by atoms with van der Waals surface area (Å²) in [7, 11) is 0. The Hall–Kier alpha value is -3.85. The normalized spacial score (nSPS) is 20.8. The van der Waals surface area contributed by atoms with E-state index in [1.165, 1.54) is 18.2 Å². The molecule has 2 atom stereocenters. The van der Waals surface area contributed by atoms with E-state index >= 15 is 0 Å². The fourth-order valence-corrected chi connectivity index (χ4v) is 5.29. The van der Waals surface area contributed by atoms with E-state index in [0.717, 1.165) is 11.8 Å². The number of H-pyrrole nitrogens is 1. The molecule has 9 heteroatoms. The van der Waals surface area contributed by atoms with Gasteiger partial charge in [0.25, 0.3) is 11.8 Å². The number of aryl methyl sites for hydroxylation is 1. The highest BCUT2D eigenvalue weighted by Crippen LogP contribution is 2.44. The Labute approximate surface area is 212 Å². The van der Waals surface area contributed by atoms with Crippen molar-refractivity contribution in [3.8, 4) is 11.1 Å². The largest absolute Gasteiger partial charge is 0.417 e. The Morgan fingerprint density at radius 1 is 1.03 bits per heavy atom. The highest BCUT2D eigenvalue weighted by atomic mass is 19.4. The molecule has 3 heterocycles. The van der Waals surface area contributed by atoms with Crippen LogP contribution in [0.3, 0.4) is 0 Å². The number of rotatable bonds is 3. The summed E-state index contributed by atoms with van der Waals surface area (Å²) >= 11 is 0. The van der Waals surface area contributed by atoms with Gasteiger partial charge in [0.05, 0.1) is 22.4 Å².